The van der Waals surface area contributed by atoms with Gasteiger partial charge in [-0.25, -0.2) is 14.4 Å². The predicted molar refractivity (Wildman–Crippen MR) is 510 cm³/mol. The summed E-state index contributed by atoms with van der Waals surface area (Å²) < 4.78 is 83.6. The van der Waals surface area contributed by atoms with Crippen LogP contribution in [-0.2, 0) is 105 Å². The molecule has 52 heteroatoms. The Balaban J connectivity index is 1.18. The fourth-order valence-electron chi connectivity index (χ4n) is 19.7. The van der Waals surface area contributed by atoms with Crippen LogP contribution in [0.25, 0.3) is 0 Å². The molecule has 7 saturated heterocycles. The molecule has 5 amide bonds. The van der Waals surface area contributed by atoms with Gasteiger partial charge in [-0.2, -0.15) is 0 Å². The number of hydrogen-bond acceptors (Lipinski definition) is 44. The molecule has 52 nitrogen and oxygen atoms in total. The molecule has 30 N–H and O–H groups in total. The zero-order valence-corrected chi connectivity index (χ0v) is 85.7. The van der Waals surface area contributed by atoms with Gasteiger partial charge in [0.15, 0.2) is 25.2 Å². The third-order valence-electron chi connectivity index (χ3n) is 28.1. The van der Waals surface area contributed by atoms with Gasteiger partial charge in [-0.15, -0.1) is 0 Å². The van der Waals surface area contributed by atoms with Crippen LogP contribution < -0.4 is 26.6 Å². The van der Waals surface area contributed by atoms with E-state index in [2.05, 4.69) is 40.4 Å². The average molecular weight is 2160 g/mol. The first-order valence-electron chi connectivity index (χ1n) is 52.4. The van der Waals surface area contributed by atoms with Gasteiger partial charge in [0.1, 0.15) is 153 Å². The van der Waals surface area contributed by atoms with Crippen LogP contribution in [0, 0.1) is 0 Å². The maximum absolute atomic E-state index is 14.1. The maximum Gasteiger partial charge on any atom is 0.364 e. The molecule has 7 aliphatic heterocycles. The zero-order valence-electron chi connectivity index (χ0n) is 85.7. The smallest absolute Gasteiger partial charge is 0.364 e. The number of amides is 5. The number of aliphatic carboxylic acids is 3. The minimum Gasteiger partial charge on any atom is -0.477 e. The largest absolute Gasteiger partial charge is 0.477 e. The highest BCUT2D eigenvalue weighted by atomic mass is 16.8. The van der Waals surface area contributed by atoms with E-state index >= 15 is 0 Å². The van der Waals surface area contributed by atoms with Crippen LogP contribution in [0.2, 0.25) is 0 Å². The highest BCUT2D eigenvalue weighted by molar-refractivity contribution is 5.79. The van der Waals surface area contributed by atoms with E-state index in [-0.39, 0.29) is 6.42 Å². The van der Waals surface area contributed by atoms with Gasteiger partial charge in [-0.05, 0) is 19.3 Å². The van der Waals surface area contributed by atoms with E-state index in [0.717, 1.165) is 91.9 Å². The van der Waals surface area contributed by atoms with Crippen LogP contribution in [-0.4, -0.2) is 472 Å². The summed E-state index contributed by atoms with van der Waals surface area (Å²) in [5.74, 6) is -21.6. The maximum atomic E-state index is 14.1. The van der Waals surface area contributed by atoms with Crippen LogP contribution in [0.1, 0.15) is 253 Å². The Bertz CT molecular complexity index is 3960. The number of aliphatic hydroxyl groups excluding tert-OH is 22. The molecule has 0 radical (unpaired) electrons. The molecule has 864 valence electrons. The van der Waals surface area contributed by atoms with Crippen molar-refractivity contribution in [3.63, 3.8) is 0 Å². The lowest BCUT2D eigenvalue weighted by atomic mass is 9.87. The van der Waals surface area contributed by atoms with Gasteiger partial charge >= 0.3 is 17.9 Å². The second kappa shape index (κ2) is 64.7. The molecule has 7 fully saturated rings. The van der Waals surface area contributed by atoms with Gasteiger partial charge in [0.2, 0.25) is 29.5 Å². The summed E-state index contributed by atoms with van der Waals surface area (Å²) >= 11 is 0. The predicted octanol–water partition coefficient (Wildman–Crippen LogP) is -5.91. The molecular formula is C97H169N5O47. The summed E-state index contributed by atoms with van der Waals surface area (Å²) in [6.45, 7) is -2.02. The normalized spacial score (nSPS) is 35.2. The van der Waals surface area contributed by atoms with Crippen molar-refractivity contribution >= 4 is 47.4 Å². The number of rotatable bonds is 68. The monoisotopic (exact) mass is 2160 g/mol. The lowest BCUT2D eigenvalue weighted by Gasteiger charge is -2.52. The molecule has 0 aliphatic carbocycles. The van der Waals surface area contributed by atoms with Crippen molar-refractivity contribution < 1.29 is 232 Å². The highest BCUT2D eigenvalue weighted by Gasteiger charge is 2.65. The molecule has 0 aromatic heterocycles. The number of unbranched alkanes of at least 4 members (excludes halogenated alkanes) is 27. The van der Waals surface area contributed by atoms with Gasteiger partial charge in [0, 0.05) is 53.4 Å². The van der Waals surface area contributed by atoms with Crippen molar-refractivity contribution in [2.45, 2.75) is 497 Å². The Morgan fingerprint density at radius 3 is 1.16 bits per heavy atom. The van der Waals surface area contributed by atoms with E-state index in [1.165, 1.54) is 115 Å². The van der Waals surface area contributed by atoms with E-state index in [0.29, 0.717) is 12.8 Å². The number of ether oxygens (including phenoxy) is 14. The number of hydrogen-bond donors (Lipinski definition) is 30. The standard InChI is InChI=1S/C97H169N5O47/c1-7-9-11-13-15-17-19-21-22-23-24-26-28-30-32-34-36-38-66(119)102-54(55(113)37-35-33-31-29-27-25-20-18-16-14-12-10-8-2)48-136-89-78(127)76(125)82(63(46-107)139-89)143-90-79(128)77(126)81(64(47-108)140-90)142-88-70(101-53(6)112)83(144-91-80(129)87(73(122)61(44-105)138-91)149-97(94(134)135)41-58(116)68(99-51(4)110)85(148-97)72(121)60(118)43-104)75(124)65(141-88)49-137-95(92(130)131)39-56(114)69(100-52(5)111)86(146-95)74(123)62(45-106)145-96(93(132)133)40-57(115)67(98-50(3)109)84(147-96)71(120)59(117)42-103/h35,37,54-65,67-91,103-108,113-118,120-129H,7-34,36,38-49H2,1-6H3,(H,98,109)(H,99,110)(H,100,111)(H,101,112)(H,102,119)(H,130,131)(H,132,133)(H,134,135)/b37-35+/t54-,55+,56?,57?,58?,59+,60+,61?,62+,63?,64?,65?,67+,68+,69+,70?,71+,72+,73-,74+,75-,76+,77+,78?,79?,80?,81-,82+,83+,84?,85?,86?,87-,88-,89+,90-,91-,95+,96+,97-/m0/s1. The van der Waals surface area contributed by atoms with Crippen LogP contribution >= 0.6 is 0 Å². The van der Waals surface area contributed by atoms with Crippen molar-refractivity contribution in [3.05, 3.63) is 12.2 Å². The molecule has 40 atom stereocenters. The first-order valence-corrected chi connectivity index (χ1v) is 52.4. The number of aliphatic hydroxyl groups is 22. The molecular weight excluding hydrogens is 1990 g/mol. The molecule has 0 aromatic rings. The fraction of sp³-hybridized carbons (Fsp3) is 0.897. The molecule has 7 aliphatic rings. The van der Waals surface area contributed by atoms with Crippen LogP contribution in [0.5, 0.6) is 0 Å². The van der Waals surface area contributed by atoms with E-state index in [1.54, 1.807) is 6.08 Å². The Labute approximate surface area is 865 Å². The third kappa shape index (κ3) is 37.4. The number of carbonyl (C=O) groups is 8. The lowest BCUT2D eigenvalue weighted by Crippen LogP contribution is -2.72. The molecule has 7 rings (SSSR count). The quantitative estimate of drug-likeness (QED) is 0.0199. The van der Waals surface area contributed by atoms with Gasteiger partial charge in [-0.1, -0.05) is 193 Å². The second-order valence-corrected chi connectivity index (χ2v) is 40.0. The molecule has 0 saturated carbocycles. The van der Waals surface area contributed by atoms with E-state index in [9.17, 15) is 166 Å². The average Bonchev–Trinajstić information content (AvgIpc) is 0.753. The molecule has 0 aromatic carbocycles. The van der Waals surface area contributed by atoms with Crippen molar-refractivity contribution in [2.75, 3.05) is 52.9 Å². The highest BCUT2D eigenvalue weighted by Crippen LogP contribution is 2.44. The molecule has 149 heavy (non-hydrogen) atoms. The number of carboxylic acids is 3. The van der Waals surface area contributed by atoms with Crippen molar-refractivity contribution in [1.82, 2.24) is 26.6 Å². The number of nitrogens with one attached hydrogen (secondary N) is 5. The molecule has 14 unspecified atom stereocenters. The fourth-order valence-corrected chi connectivity index (χ4v) is 19.7. The third-order valence-corrected chi connectivity index (χ3v) is 28.1. The summed E-state index contributed by atoms with van der Waals surface area (Å²) in [7, 11) is 0. The SMILES string of the molecule is CCCCCCCCCCCCC/C=C/[C@@H](O)[C@H](CO[C@@H]1OC(CO)[C@@H](O[C@@H]2OC(CO)[C@H](O[C@@H]3OC(CO[C@]4(C(=O)O)CC(O)[C@@H](NC(C)=O)C([C@H](O)[C@@H](CO)O[C@]5(C(=O)O)CC(O)[C@@H](NC(C)=O)C([C@H](O)[C@H](O)CO)O5)O4)[C@H](O)[C@H](O[C@@H]4OC(CO)[C@H](O)[C@H](O[C@]5(C(=O)O)CC(O)[C@@H](NC(C)=O)C([C@H](O)[C@H](O)CO)O5)C4O)C3NC(C)=O)[C@H](O)C2O)[C@H](O)C1O)NC(=O)CCCCCCCCCCCCCCCCCCC. The van der Waals surface area contributed by atoms with Crippen molar-refractivity contribution in [1.29, 1.82) is 0 Å². The van der Waals surface area contributed by atoms with Gasteiger partial charge < -0.3 is 221 Å². The zero-order chi connectivity index (χ0) is 110. The number of allylic oxidation sites excluding steroid dienone is 1. The van der Waals surface area contributed by atoms with E-state index in [4.69, 9.17) is 66.3 Å². The molecule has 7 heterocycles. The molecule has 0 bridgehead atoms. The van der Waals surface area contributed by atoms with Crippen LogP contribution in [0.3, 0.4) is 0 Å². The molecule has 0 spiro atoms. The minimum atomic E-state index is -3.54. The van der Waals surface area contributed by atoms with Crippen LogP contribution in [0.4, 0.5) is 0 Å². The van der Waals surface area contributed by atoms with E-state index in [1.807, 2.05) is 0 Å². The lowest BCUT2D eigenvalue weighted by molar-refractivity contribution is -0.391. The van der Waals surface area contributed by atoms with Gasteiger partial charge in [-0.3, -0.25) is 24.0 Å². The summed E-state index contributed by atoms with van der Waals surface area (Å²) in [5, 5.41) is 297. The Hall–Kier alpha value is -5.94. The summed E-state index contributed by atoms with van der Waals surface area (Å²) in [6, 6.07) is -9.19. The first-order chi connectivity index (χ1) is 70.8. The number of carboxylic acid groups (broad SMARTS) is 3. The van der Waals surface area contributed by atoms with Gasteiger partial charge in [0.25, 0.3) is 17.4 Å². The number of carbonyl (C=O) groups excluding carboxylic acids is 5. The Morgan fingerprint density at radius 1 is 0.376 bits per heavy atom. The van der Waals surface area contributed by atoms with Crippen molar-refractivity contribution in [3.8, 4) is 0 Å². The first kappa shape index (κ1) is 130. The summed E-state index contributed by atoms with van der Waals surface area (Å²) in [6.07, 6.45) is -42.5. The Kier molecular flexibility index (Phi) is 56.4. The second-order valence-electron chi connectivity index (χ2n) is 40.0. The minimum absolute atomic E-state index is 0.0964. The van der Waals surface area contributed by atoms with Crippen LogP contribution in [0.15, 0.2) is 12.2 Å². The summed E-state index contributed by atoms with van der Waals surface area (Å²) in [5.41, 5.74) is 0. The summed E-state index contributed by atoms with van der Waals surface area (Å²) in [4.78, 5) is 106. The van der Waals surface area contributed by atoms with E-state index < -0.39 is 363 Å². The van der Waals surface area contributed by atoms with Crippen molar-refractivity contribution in [2.24, 2.45) is 0 Å². The van der Waals surface area contributed by atoms with Gasteiger partial charge in [0.05, 0.1) is 101 Å². The topological polar surface area (TPSA) is 832 Å². The Morgan fingerprint density at radius 2 is 0.732 bits per heavy atom.